The first-order valence-corrected chi connectivity index (χ1v) is 12.5. The molecule has 0 saturated heterocycles. The number of ether oxygens (including phenoxy) is 1. The molecule has 0 spiro atoms. The standard InChI is InChI=1S/C24H33N3O5S/c1-18(2)15-25-24(29)23(20-9-7-6-8-10-20)27(22(28)17-26(3)33(5,30)31)16-19-11-13-21(32-4)14-12-19/h6-14,18,23H,15-17H2,1-5H3,(H,25,29). The predicted molar refractivity (Wildman–Crippen MR) is 128 cm³/mol. The van der Waals surface area contributed by atoms with Crippen molar-refractivity contribution in [2.24, 2.45) is 5.92 Å². The Labute approximate surface area is 196 Å². The number of nitrogens with zero attached hydrogens (tertiary/aromatic N) is 2. The molecule has 2 rings (SSSR count). The van der Waals surface area contributed by atoms with Crippen LogP contribution in [0.15, 0.2) is 54.6 Å². The molecule has 180 valence electrons. The number of hydrogen-bond donors (Lipinski definition) is 1. The molecule has 8 nitrogen and oxygen atoms in total. The third-order valence-corrected chi connectivity index (χ3v) is 6.38. The van der Waals surface area contributed by atoms with Crippen molar-refractivity contribution in [1.29, 1.82) is 0 Å². The van der Waals surface area contributed by atoms with Crippen LogP contribution >= 0.6 is 0 Å². The van der Waals surface area contributed by atoms with Crippen LogP contribution in [-0.4, -0.2) is 62.9 Å². The minimum absolute atomic E-state index is 0.120. The van der Waals surface area contributed by atoms with Crippen molar-refractivity contribution in [3.8, 4) is 5.75 Å². The Morgan fingerprint density at radius 1 is 1.03 bits per heavy atom. The van der Waals surface area contributed by atoms with E-state index in [-0.39, 0.29) is 24.9 Å². The lowest BCUT2D eigenvalue weighted by Gasteiger charge is -2.33. The number of likely N-dealkylation sites (N-methyl/N-ethyl adjacent to an activating group) is 1. The van der Waals surface area contributed by atoms with E-state index in [1.807, 2.05) is 32.0 Å². The summed E-state index contributed by atoms with van der Waals surface area (Å²) in [6.45, 7) is 4.17. The van der Waals surface area contributed by atoms with Gasteiger partial charge in [-0.05, 0) is 29.2 Å². The van der Waals surface area contributed by atoms with Gasteiger partial charge in [0.1, 0.15) is 11.8 Å². The van der Waals surface area contributed by atoms with Gasteiger partial charge in [-0.15, -0.1) is 0 Å². The van der Waals surface area contributed by atoms with Crippen LogP contribution in [0.5, 0.6) is 5.75 Å². The SMILES string of the molecule is COc1ccc(CN(C(=O)CN(C)S(C)(=O)=O)C(C(=O)NCC(C)C)c2ccccc2)cc1. The smallest absolute Gasteiger partial charge is 0.247 e. The molecule has 0 aliphatic heterocycles. The van der Waals surface area contributed by atoms with Gasteiger partial charge in [-0.1, -0.05) is 56.3 Å². The van der Waals surface area contributed by atoms with Crippen molar-refractivity contribution >= 4 is 21.8 Å². The Balaban J connectivity index is 2.48. The summed E-state index contributed by atoms with van der Waals surface area (Å²) in [7, 11) is -0.668. The zero-order valence-electron chi connectivity index (χ0n) is 19.8. The van der Waals surface area contributed by atoms with Crippen molar-refractivity contribution in [3.63, 3.8) is 0 Å². The van der Waals surface area contributed by atoms with Gasteiger partial charge >= 0.3 is 0 Å². The predicted octanol–water partition coefficient (Wildman–Crippen LogP) is 2.43. The molecule has 0 saturated carbocycles. The Kier molecular flexibility index (Phi) is 9.43. The third-order valence-electron chi connectivity index (χ3n) is 5.12. The maximum atomic E-state index is 13.4. The fourth-order valence-corrected chi connectivity index (χ4v) is 3.50. The van der Waals surface area contributed by atoms with Gasteiger partial charge in [0.05, 0.1) is 19.9 Å². The molecule has 2 aromatic carbocycles. The van der Waals surface area contributed by atoms with Gasteiger partial charge in [-0.3, -0.25) is 9.59 Å². The van der Waals surface area contributed by atoms with E-state index in [0.29, 0.717) is 17.9 Å². The highest BCUT2D eigenvalue weighted by atomic mass is 32.2. The molecule has 0 fully saturated rings. The summed E-state index contributed by atoms with van der Waals surface area (Å²) in [4.78, 5) is 28.1. The average Bonchev–Trinajstić information content (AvgIpc) is 2.77. The third kappa shape index (κ3) is 7.87. The van der Waals surface area contributed by atoms with E-state index in [4.69, 9.17) is 4.74 Å². The number of amides is 2. The molecule has 33 heavy (non-hydrogen) atoms. The van der Waals surface area contributed by atoms with Gasteiger partial charge in [0, 0.05) is 20.1 Å². The van der Waals surface area contributed by atoms with E-state index in [1.165, 1.54) is 11.9 Å². The van der Waals surface area contributed by atoms with Gasteiger partial charge in [-0.2, -0.15) is 4.31 Å². The van der Waals surface area contributed by atoms with E-state index < -0.39 is 22.0 Å². The normalized spacial score (nSPS) is 12.5. The second-order valence-corrected chi connectivity index (χ2v) is 10.4. The Morgan fingerprint density at radius 2 is 1.64 bits per heavy atom. The highest BCUT2D eigenvalue weighted by Gasteiger charge is 2.32. The van der Waals surface area contributed by atoms with Gasteiger partial charge in [0.15, 0.2) is 0 Å². The Hall–Kier alpha value is -2.91. The molecular weight excluding hydrogens is 442 g/mol. The number of rotatable bonds is 11. The van der Waals surface area contributed by atoms with Gasteiger partial charge in [0.25, 0.3) is 0 Å². The lowest BCUT2D eigenvalue weighted by Crippen LogP contribution is -2.47. The van der Waals surface area contributed by atoms with Crippen molar-refractivity contribution in [3.05, 3.63) is 65.7 Å². The van der Waals surface area contributed by atoms with Crippen LogP contribution in [0.3, 0.4) is 0 Å². The zero-order valence-corrected chi connectivity index (χ0v) is 20.6. The molecular formula is C24H33N3O5S. The molecule has 2 aromatic rings. The summed E-state index contributed by atoms with van der Waals surface area (Å²) in [5, 5.41) is 2.92. The fourth-order valence-electron chi connectivity index (χ4n) is 3.16. The minimum atomic E-state index is -3.58. The molecule has 2 amide bonds. The van der Waals surface area contributed by atoms with Crippen LogP contribution in [0.4, 0.5) is 0 Å². The number of methoxy groups -OCH3 is 1. The number of benzene rings is 2. The summed E-state index contributed by atoms with van der Waals surface area (Å²) in [5.41, 5.74) is 1.42. The van der Waals surface area contributed by atoms with E-state index >= 15 is 0 Å². The van der Waals surface area contributed by atoms with Crippen LogP contribution in [0.1, 0.15) is 31.0 Å². The second kappa shape index (κ2) is 11.8. The van der Waals surface area contributed by atoms with Crippen molar-refractivity contribution in [2.75, 3.05) is 33.5 Å². The van der Waals surface area contributed by atoms with Crippen LogP contribution in [0, 0.1) is 5.92 Å². The van der Waals surface area contributed by atoms with E-state index in [1.54, 1.807) is 43.5 Å². The first-order valence-electron chi connectivity index (χ1n) is 10.7. The number of nitrogens with one attached hydrogen (secondary N) is 1. The highest BCUT2D eigenvalue weighted by molar-refractivity contribution is 7.88. The molecule has 0 heterocycles. The van der Waals surface area contributed by atoms with Crippen molar-refractivity contribution in [1.82, 2.24) is 14.5 Å². The van der Waals surface area contributed by atoms with Gasteiger partial charge in [0.2, 0.25) is 21.8 Å². The molecule has 0 aliphatic carbocycles. The number of hydrogen-bond acceptors (Lipinski definition) is 5. The summed E-state index contributed by atoms with van der Waals surface area (Å²) in [6.07, 6.45) is 1.04. The Bertz CT molecular complexity index is 1020. The van der Waals surface area contributed by atoms with Crippen LogP contribution in [0.2, 0.25) is 0 Å². The van der Waals surface area contributed by atoms with Crippen molar-refractivity contribution in [2.45, 2.75) is 26.4 Å². The topological polar surface area (TPSA) is 96.0 Å². The van der Waals surface area contributed by atoms with Crippen molar-refractivity contribution < 1.29 is 22.7 Å². The second-order valence-electron chi connectivity index (χ2n) is 8.34. The molecule has 0 aliphatic rings. The summed E-state index contributed by atoms with van der Waals surface area (Å²) in [6, 6.07) is 15.3. The largest absolute Gasteiger partial charge is 0.497 e. The quantitative estimate of drug-likeness (QED) is 0.539. The first kappa shape index (κ1) is 26.3. The molecule has 0 radical (unpaired) electrons. The van der Waals surface area contributed by atoms with Crippen LogP contribution in [0.25, 0.3) is 0 Å². The van der Waals surface area contributed by atoms with E-state index in [0.717, 1.165) is 16.1 Å². The minimum Gasteiger partial charge on any atom is -0.497 e. The lowest BCUT2D eigenvalue weighted by molar-refractivity contribution is -0.141. The number of carbonyl (C=O) groups excluding carboxylic acids is 2. The molecule has 1 N–H and O–H groups in total. The van der Waals surface area contributed by atoms with E-state index in [2.05, 4.69) is 5.32 Å². The number of sulfonamides is 1. The maximum Gasteiger partial charge on any atom is 0.247 e. The number of carbonyl (C=O) groups is 2. The fraction of sp³-hybridized carbons (Fsp3) is 0.417. The van der Waals surface area contributed by atoms with Gasteiger partial charge < -0.3 is 15.0 Å². The molecule has 1 unspecified atom stereocenters. The summed E-state index contributed by atoms with van der Waals surface area (Å²) >= 11 is 0. The van der Waals surface area contributed by atoms with E-state index in [9.17, 15) is 18.0 Å². The maximum absolute atomic E-state index is 13.4. The monoisotopic (exact) mass is 475 g/mol. The molecule has 1 atom stereocenters. The first-order chi connectivity index (χ1) is 15.5. The molecule has 0 bridgehead atoms. The zero-order chi connectivity index (χ0) is 24.6. The van der Waals surface area contributed by atoms with Gasteiger partial charge in [-0.25, -0.2) is 8.42 Å². The van der Waals surface area contributed by atoms with Crippen LogP contribution in [-0.2, 0) is 26.2 Å². The lowest BCUT2D eigenvalue weighted by atomic mass is 10.0. The summed E-state index contributed by atoms with van der Waals surface area (Å²) in [5.74, 6) is 0.0984. The Morgan fingerprint density at radius 3 is 2.15 bits per heavy atom. The molecule has 9 heteroatoms. The average molecular weight is 476 g/mol. The van der Waals surface area contributed by atoms with Crippen LogP contribution < -0.4 is 10.1 Å². The molecule has 0 aromatic heterocycles. The summed E-state index contributed by atoms with van der Waals surface area (Å²) < 4.78 is 30.0. The highest BCUT2D eigenvalue weighted by Crippen LogP contribution is 2.25.